The molecule has 3 heterocycles. The zero-order valence-electron chi connectivity index (χ0n) is 13.8. The first-order valence-electron chi connectivity index (χ1n) is 8.59. The molecule has 0 aromatic carbocycles. The number of hydrogen-bond donors (Lipinski definition) is 0. The SMILES string of the molecule is C[C@@H]1CCN(C(=O)C2CC2)CC1N(C)c1ccnc2[pH]ccc12. The highest BCUT2D eigenvalue weighted by atomic mass is 31.0. The molecule has 2 fully saturated rings. The first-order chi connectivity index (χ1) is 11.1. The maximum atomic E-state index is 12.4. The Kier molecular flexibility index (Phi) is 3.81. The van der Waals surface area contributed by atoms with Crippen molar-refractivity contribution in [2.45, 2.75) is 32.2 Å². The smallest absolute Gasteiger partial charge is 0.225 e. The first kappa shape index (κ1) is 15.0. The fourth-order valence-corrected chi connectivity index (χ4v) is 4.70. The summed E-state index contributed by atoms with van der Waals surface area (Å²) in [6.45, 7) is 4.10. The van der Waals surface area contributed by atoms with Gasteiger partial charge in [-0.3, -0.25) is 9.78 Å². The average molecular weight is 329 g/mol. The first-order valence-corrected chi connectivity index (χ1v) is 9.66. The fourth-order valence-electron chi connectivity index (χ4n) is 3.77. The minimum atomic E-state index is 0.323. The van der Waals surface area contributed by atoms with Gasteiger partial charge in [0, 0.05) is 49.4 Å². The third-order valence-corrected chi connectivity index (χ3v) is 6.48. The molecule has 1 saturated carbocycles. The molecule has 3 atom stereocenters. The summed E-state index contributed by atoms with van der Waals surface area (Å²) in [6.07, 6.45) is 5.20. The van der Waals surface area contributed by atoms with E-state index in [0.717, 1.165) is 32.4 Å². The Labute approximate surface area is 139 Å². The molecule has 4 nitrogen and oxygen atoms in total. The number of likely N-dealkylation sites (N-methyl/N-ethyl adjacent to an activating group) is 1. The van der Waals surface area contributed by atoms with Crippen LogP contribution in [0.25, 0.3) is 10.6 Å². The van der Waals surface area contributed by atoms with Crippen LogP contribution in [0.3, 0.4) is 0 Å². The van der Waals surface area contributed by atoms with Crippen molar-refractivity contribution in [1.29, 1.82) is 0 Å². The lowest BCUT2D eigenvalue weighted by Crippen LogP contribution is -2.53. The number of likely N-dealkylation sites (tertiary alicyclic amines) is 1. The van der Waals surface area contributed by atoms with Crippen molar-refractivity contribution in [2.24, 2.45) is 11.8 Å². The molecular weight excluding hydrogens is 305 g/mol. The predicted octanol–water partition coefficient (Wildman–Crippen LogP) is 3.35. The highest BCUT2D eigenvalue weighted by molar-refractivity contribution is 7.36. The molecule has 0 spiro atoms. The second-order valence-corrected chi connectivity index (χ2v) is 8.17. The maximum Gasteiger partial charge on any atom is 0.225 e. The Bertz CT molecular complexity index is 724. The molecular formula is C18H24N3OP. The third kappa shape index (κ3) is 2.74. The summed E-state index contributed by atoms with van der Waals surface area (Å²) in [4.78, 5) is 21.4. The second-order valence-electron chi connectivity index (χ2n) is 7.07. The van der Waals surface area contributed by atoms with E-state index in [9.17, 15) is 4.79 Å². The zero-order valence-corrected chi connectivity index (χ0v) is 14.8. The van der Waals surface area contributed by atoms with E-state index in [1.807, 2.05) is 6.20 Å². The van der Waals surface area contributed by atoms with Crippen molar-refractivity contribution in [3.8, 4) is 0 Å². The van der Waals surface area contributed by atoms with Crippen molar-refractivity contribution >= 4 is 30.4 Å². The van der Waals surface area contributed by atoms with Crippen LogP contribution in [0.4, 0.5) is 5.69 Å². The Morgan fingerprint density at radius 2 is 2.17 bits per heavy atom. The minimum Gasteiger partial charge on any atom is -0.369 e. The molecule has 2 aromatic rings. The van der Waals surface area contributed by atoms with Gasteiger partial charge in [-0.1, -0.05) is 6.92 Å². The molecule has 2 aliphatic rings. The number of rotatable bonds is 3. The van der Waals surface area contributed by atoms with E-state index in [1.165, 1.54) is 16.3 Å². The normalized spacial score (nSPS) is 25.2. The summed E-state index contributed by atoms with van der Waals surface area (Å²) in [5.74, 6) is 3.52. The van der Waals surface area contributed by atoms with E-state index in [2.05, 4.69) is 46.7 Å². The molecule has 5 heteroatoms. The Hall–Kier alpha value is -1.54. The monoisotopic (exact) mass is 329 g/mol. The van der Waals surface area contributed by atoms with Crippen LogP contribution in [0.15, 0.2) is 24.1 Å². The van der Waals surface area contributed by atoms with Gasteiger partial charge in [0.25, 0.3) is 0 Å². The van der Waals surface area contributed by atoms with Crippen LogP contribution in [0.2, 0.25) is 0 Å². The van der Waals surface area contributed by atoms with Crippen LogP contribution in [0.1, 0.15) is 26.2 Å². The molecule has 4 rings (SSSR count). The second kappa shape index (κ2) is 5.83. The van der Waals surface area contributed by atoms with Crippen LogP contribution >= 0.6 is 8.19 Å². The predicted molar refractivity (Wildman–Crippen MR) is 96.5 cm³/mol. The van der Waals surface area contributed by atoms with Crippen molar-refractivity contribution < 1.29 is 4.79 Å². The number of anilines is 1. The van der Waals surface area contributed by atoms with Gasteiger partial charge in [0.2, 0.25) is 5.91 Å². The summed E-state index contributed by atoms with van der Waals surface area (Å²) < 4.78 is 0. The molecule has 1 saturated heterocycles. The van der Waals surface area contributed by atoms with Gasteiger partial charge in [0.15, 0.2) is 0 Å². The molecule has 122 valence electrons. The van der Waals surface area contributed by atoms with Gasteiger partial charge >= 0.3 is 0 Å². The van der Waals surface area contributed by atoms with Crippen LogP contribution in [-0.4, -0.2) is 42.0 Å². The van der Waals surface area contributed by atoms with Crippen molar-refractivity contribution in [3.63, 3.8) is 0 Å². The molecule has 1 amide bonds. The van der Waals surface area contributed by atoms with E-state index >= 15 is 0 Å². The fraction of sp³-hybridized carbons (Fsp3) is 0.556. The Morgan fingerprint density at radius 3 is 2.96 bits per heavy atom. The van der Waals surface area contributed by atoms with Crippen LogP contribution in [0.5, 0.6) is 0 Å². The molecule has 2 aromatic heterocycles. The number of fused-ring (bicyclic) bond motifs is 1. The van der Waals surface area contributed by atoms with Gasteiger partial charge in [0.1, 0.15) is 0 Å². The van der Waals surface area contributed by atoms with Gasteiger partial charge in [-0.2, -0.15) is 0 Å². The van der Waals surface area contributed by atoms with Crippen molar-refractivity contribution in [3.05, 3.63) is 24.1 Å². The zero-order chi connectivity index (χ0) is 16.0. The van der Waals surface area contributed by atoms with Gasteiger partial charge in [-0.25, -0.2) is 0 Å². The lowest BCUT2D eigenvalue weighted by molar-refractivity contribution is -0.134. The number of piperidine rings is 1. The number of amides is 1. The number of hydrogen-bond acceptors (Lipinski definition) is 3. The summed E-state index contributed by atoms with van der Waals surface area (Å²) in [5, 5.41) is 2.47. The molecule has 1 aliphatic heterocycles. The molecule has 0 N–H and O–H groups in total. The number of pyridine rings is 1. The number of carbonyl (C=O) groups is 1. The Balaban J connectivity index is 1.59. The summed E-state index contributed by atoms with van der Waals surface area (Å²) >= 11 is 0. The maximum absolute atomic E-state index is 12.4. The Morgan fingerprint density at radius 1 is 1.35 bits per heavy atom. The molecule has 23 heavy (non-hydrogen) atoms. The van der Waals surface area contributed by atoms with E-state index in [0.29, 0.717) is 32.0 Å². The number of aromatic nitrogens is 1. The van der Waals surface area contributed by atoms with E-state index < -0.39 is 0 Å². The highest BCUT2D eigenvalue weighted by Gasteiger charge is 2.38. The van der Waals surface area contributed by atoms with E-state index in [-0.39, 0.29) is 0 Å². The summed E-state index contributed by atoms with van der Waals surface area (Å²) in [6, 6.07) is 4.70. The van der Waals surface area contributed by atoms with Gasteiger partial charge in [0.05, 0.1) is 5.25 Å². The molecule has 2 unspecified atom stereocenters. The van der Waals surface area contributed by atoms with Gasteiger partial charge in [-0.05, 0) is 43.1 Å². The number of nitrogens with zero attached hydrogens (tertiary/aromatic N) is 3. The molecule has 1 aliphatic carbocycles. The van der Waals surface area contributed by atoms with Gasteiger partial charge < -0.3 is 9.80 Å². The highest BCUT2D eigenvalue weighted by Crippen LogP contribution is 2.36. The van der Waals surface area contributed by atoms with Crippen molar-refractivity contribution in [1.82, 2.24) is 9.88 Å². The van der Waals surface area contributed by atoms with Crippen LogP contribution < -0.4 is 4.90 Å². The topological polar surface area (TPSA) is 36.4 Å². The summed E-state index contributed by atoms with van der Waals surface area (Å²) in [7, 11) is 2.86. The third-order valence-electron chi connectivity index (χ3n) is 5.47. The number of carbonyl (C=O) groups excluding carboxylic acids is 1. The average Bonchev–Trinajstić information content (AvgIpc) is 3.30. The van der Waals surface area contributed by atoms with E-state index in [1.54, 1.807) is 0 Å². The van der Waals surface area contributed by atoms with Crippen LogP contribution in [-0.2, 0) is 4.79 Å². The van der Waals surface area contributed by atoms with E-state index in [4.69, 9.17) is 0 Å². The largest absolute Gasteiger partial charge is 0.369 e. The molecule has 0 radical (unpaired) electrons. The lowest BCUT2D eigenvalue weighted by atomic mass is 9.91. The standard InChI is InChI=1S/C18H24N3OP/c1-12-6-9-21(18(22)13-3-4-13)11-16(12)20(2)15-5-8-19-17-14(15)7-10-23-17/h5,7-8,10,12-13,16,23H,3-4,6,9,11H2,1-2H3/t12-,16?/m1/s1. The summed E-state index contributed by atoms with van der Waals surface area (Å²) in [5.41, 5.74) is 1.26. The van der Waals surface area contributed by atoms with Gasteiger partial charge in [-0.15, -0.1) is 8.19 Å². The van der Waals surface area contributed by atoms with Crippen LogP contribution in [0, 0.1) is 11.8 Å². The van der Waals surface area contributed by atoms with Crippen molar-refractivity contribution in [2.75, 3.05) is 25.0 Å². The quantitative estimate of drug-likeness (QED) is 0.866. The minimum absolute atomic E-state index is 0.323. The lowest BCUT2D eigenvalue weighted by Gasteiger charge is -2.43. The molecule has 0 bridgehead atoms.